The summed E-state index contributed by atoms with van der Waals surface area (Å²) in [5, 5.41) is 0. The van der Waals surface area contributed by atoms with Gasteiger partial charge in [0.05, 0.1) is 11.1 Å². The van der Waals surface area contributed by atoms with Crippen LogP contribution in [0.1, 0.15) is 43.3 Å². The van der Waals surface area contributed by atoms with Crippen molar-refractivity contribution in [3.05, 3.63) is 57.3 Å². The Morgan fingerprint density at radius 3 is 2.19 bits per heavy atom. The van der Waals surface area contributed by atoms with Crippen LogP contribution in [-0.4, -0.2) is 23.3 Å². The highest BCUT2D eigenvalue weighted by molar-refractivity contribution is 7.11. The van der Waals surface area contributed by atoms with Crippen molar-refractivity contribution >= 4 is 23.2 Å². The molecular formula is C17H17NO2S. The van der Waals surface area contributed by atoms with E-state index < -0.39 is 0 Å². The number of thiophene rings is 1. The SMILES string of the molecule is Cc1ccc(CCCCN2C(=O)c3ccccc3C2=O)s1. The summed E-state index contributed by atoms with van der Waals surface area (Å²) < 4.78 is 0. The Morgan fingerprint density at radius 2 is 1.62 bits per heavy atom. The summed E-state index contributed by atoms with van der Waals surface area (Å²) in [5.74, 6) is -0.301. The molecule has 0 unspecified atom stereocenters. The number of imide groups is 1. The van der Waals surface area contributed by atoms with Gasteiger partial charge < -0.3 is 0 Å². The fourth-order valence-corrected chi connectivity index (χ4v) is 3.56. The number of carbonyl (C=O) groups is 2. The second-order valence-electron chi connectivity index (χ2n) is 5.28. The van der Waals surface area contributed by atoms with E-state index >= 15 is 0 Å². The predicted molar refractivity (Wildman–Crippen MR) is 83.8 cm³/mol. The van der Waals surface area contributed by atoms with Crippen LogP contribution in [0.25, 0.3) is 0 Å². The molecule has 0 saturated heterocycles. The molecule has 2 aromatic rings. The van der Waals surface area contributed by atoms with Gasteiger partial charge in [-0.1, -0.05) is 12.1 Å². The Labute approximate surface area is 128 Å². The van der Waals surface area contributed by atoms with Crippen LogP contribution >= 0.6 is 11.3 Å². The summed E-state index contributed by atoms with van der Waals surface area (Å²) in [6.45, 7) is 2.61. The molecule has 0 radical (unpaired) electrons. The average Bonchev–Trinajstić information content (AvgIpc) is 3.00. The standard InChI is InChI=1S/C17H17NO2S/c1-12-9-10-13(21-12)6-4-5-11-18-16(19)14-7-2-3-8-15(14)17(18)20/h2-3,7-10H,4-6,11H2,1H3. The Bertz CT molecular complexity index is 655. The van der Waals surface area contributed by atoms with Gasteiger partial charge in [0, 0.05) is 16.3 Å². The van der Waals surface area contributed by atoms with E-state index in [-0.39, 0.29) is 11.8 Å². The highest BCUT2D eigenvalue weighted by Gasteiger charge is 2.34. The van der Waals surface area contributed by atoms with Crippen molar-refractivity contribution in [1.82, 2.24) is 4.90 Å². The topological polar surface area (TPSA) is 37.4 Å². The molecular weight excluding hydrogens is 282 g/mol. The van der Waals surface area contributed by atoms with Crippen molar-refractivity contribution in [3.8, 4) is 0 Å². The van der Waals surface area contributed by atoms with Crippen molar-refractivity contribution in [2.45, 2.75) is 26.2 Å². The van der Waals surface area contributed by atoms with Gasteiger partial charge in [0.1, 0.15) is 0 Å². The first-order chi connectivity index (χ1) is 10.2. The van der Waals surface area contributed by atoms with E-state index in [0.717, 1.165) is 19.3 Å². The summed E-state index contributed by atoms with van der Waals surface area (Å²) in [6.07, 6.45) is 2.86. The summed E-state index contributed by atoms with van der Waals surface area (Å²) >= 11 is 1.81. The normalized spacial score (nSPS) is 13.9. The molecule has 3 nitrogen and oxygen atoms in total. The summed E-state index contributed by atoms with van der Waals surface area (Å²) in [4.78, 5) is 28.4. The highest BCUT2D eigenvalue weighted by Crippen LogP contribution is 2.23. The van der Waals surface area contributed by atoms with Crippen LogP contribution in [0.3, 0.4) is 0 Å². The highest BCUT2D eigenvalue weighted by atomic mass is 32.1. The molecule has 108 valence electrons. The molecule has 3 rings (SSSR count). The van der Waals surface area contributed by atoms with E-state index in [4.69, 9.17) is 0 Å². The molecule has 0 N–H and O–H groups in total. The van der Waals surface area contributed by atoms with Gasteiger partial charge >= 0.3 is 0 Å². The third kappa shape index (κ3) is 2.76. The second kappa shape index (κ2) is 5.82. The van der Waals surface area contributed by atoms with Gasteiger partial charge in [-0.25, -0.2) is 0 Å². The van der Waals surface area contributed by atoms with E-state index in [9.17, 15) is 9.59 Å². The minimum Gasteiger partial charge on any atom is -0.274 e. The maximum Gasteiger partial charge on any atom is 0.261 e. The maximum atomic E-state index is 12.2. The summed E-state index contributed by atoms with van der Waals surface area (Å²) in [6, 6.07) is 11.3. The van der Waals surface area contributed by atoms with E-state index in [0.29, 0.717) is 17.7 Å². The molecule has 21 heavy (non-hydrogen) atoms. The Balaban J connectivity index is 1.55. The van der Waals surface area contributed by atoms with Gasteiger partial charge in [-0.05, 0) is 50.5 Å². The van der Waals surface area contributed by atoms with E-state index in [1.807, 2.05) is 11.3 Å². The van der Waals surface area contributed by atoms with Gasteiger partial charge in [-0.15, -0.1) is 11.3 Å². The number of aryl methyl sites for hydroxylation is 2. The van der Waals surface area contributed by atoms with Crippen LogP contribution < -0.4 is 0 Å². The maximum absolute atomic E-state index is 12.2. The predicted octanol–water partition coefficient (Wildman–Crippen LogP) is 3.68. The molecule has 1 aliphatic heterocycles. The minimum absolute atomic E-state index is 0.150. The molecule has 0 bridgehead atoms. The Morgan fingerprint density at radius 1 is 0.952 bits per heavy atom. The fourth-order valence-electron chi connectivity index (χ4n) is 2.63. The smallest absolute Gasteiger partial charge is 0.261 e. The molecule has 1 aliphatic rings. The zero-order chi connectivity index (χ0) is 14.8. The summed E-state index contributed by atoms with van der Waals surface area (Å²) in [7, 11) is 0. The van der Waals surface area contributed by atoms with Crippen LogP contribution in [0.5, 0.6) is 0 Å². The van der Waals surface area contributed by atoms with Gasteiger partial charge in [-0.3, -0.25) is 14.5 Å². The van der Waals surface area contributed by atoms with Crippen molar-refractivity contribution in [2.24, 2.45) is 0 Å². The van der Waals surface area contributed by atoms with E-state index in [1.54, 1.807) is 24.3 Å². The third-order valence-corrected chi connectivity index (χ3v) is 4.79. The lowest BCUT2D eigenvalue weighted by Crippen LogP contribution is -2.30. The van der Waals surface area contributed by atoms with Gasteiger partial charge in [0.15, 0.2) is 0 Å². The number of carbonyl (C=O) groups excluding carboxylic acids is 2. The Kier molecular flexibility index (Phi) is 3.88. The molecule has 0 spiro atoms. The lowest BCUT2D eigenvalue weighted by molar-refractivity contribution is 0.0652. The van der Waals surface area contributed by atoms with Crippen molar-refractivity contribution in [2.75, 3.05) is 6.54 Å². The molecule has 1 aromatic heterocycles. The zero-order valence-electron chi connectivity index (χ0n) is 12.0. The third-order valence-electron chi connectivity index (χ3n) is 3.73. The van der Waals surface area contributed by atoms with Crippen molar-refractivity contribution in [1.29, 1.82) is 0 Å². The number of unbranched alkanes of at least 4 members (excludes halogenated alkanes) is 1. The number of amides is 2. The van der Waals surface area contributed by atoms with E-state index in [2.05, 4.69) is 19.1 Å². The first-order valence-corrected chi connectivity index (χ1v) is 7.99. The number of rotatable bonds is 5. The monoisotopic (exact) mass is 299 g/mol. The fraction of sp³-hybridized carbons (Fsp3) is 0.294. The van der Waals surface area contributed by atoms with Gasteiger partial charge in [0.25, 0.3) is 11.8 Å². The number of nitrogens with zero attached hydrogens (tertiary/aromatic N) is 1. The molecule has 1 aromatic carbocycles. The van der Waals surface area contributed by atoms with Crippen LogP contribution in [0.4, 0.5) is 0 Å². The molecule has 0 atom stereocenters. The average molecular weight is 299 g/mol. The summed E-state index contributed by atoms with van der Waals surface area (Å²) in [5.41, 5.74) is 1.08. The number of benzene rings is 1. The molecule has 2 amide bonds. The van der Waals surface area contributed by atoms with Crippen molar-refractivity contribution < 1.29 is 9.59 Å². The lowest BCUT2D eigenvalue weighted by atomic mass is 10.1. The first-order valence-electron chi connectivity index (χ1n) is 7.17. The van der Waals surface area contributed by atoms with Crippen LogP contribution in [0.2, 0.25) is 0 Å². The van der Waals surface area contributed by atoms with Gasteiger partial charge in [0.2, 0.25) is 0 Å². The first kappa shape index (κ1) is 14.0. The molecule has 4 heteroatoms. The number of fused-ring (bicyclic) bond motifs is 1. The van der Waals surface area contributed by atoms with Gasteiger partial charge in [-0.2, -0.15) is 0 Å². The van der Waals surface area contributed by atoms with E-state index in [1.165, 1.54) is 14.7 Å². The van der Waals surface area contributed by atoms with Crippen LogP contribution in [0, 0.1) is 6.92 Å². The molecule has 0 fully saturated rings. The number of hydrogen-bond acceptors (Lipinski definition) is 3. The van der Waals surface area contributed by atoms with Crippen molar-refractivity contribution in [3.63, 3.8) is 0 Å². The quantitative estimate of drug-likeness (QED) is 0.624. The largest absolute Gasteiger partial charge is 0.274 e. The minimum atomic E-state index is -0.150. The van der Waals surface area contributed by atoms with Crippen LogP contribution in [0.15, 0.2) is 36.4 Å². The molecule has 2 heterocycles. The molecule has 0 aliphatic carbocycles. The Hall–Kier alpha value is -1.94. The lowest BCUT2D eigenvalue weighted by Gasteiger charge is -2.13. The second-order valence-corrected chi connectivity index (χ2v) is 6.65. The van der Waals surface area contributed by atoms with Crippen LogP contribution in [-0.2, 0) is 6.42 Å². The zero-order valence-corrected chi connectivity index (χ0v) is 12.8. The molecule has 0 saturated carbocycles. The number of hydrogen-bond donors (Lipinski definition) is 0.